The molecule has 4 rings (SSSR count). The molecule has 1 aliphatic rings. The van der Waals surface area contributed by atoms with E-state index in [1.807, 2.05) is 36.4 Å². The smallest absolute Gasteiger partial charge is 0.367 e. The SMILES string of the molecule is CC1=NOC(=O)/C1=C\c1ccc(-c2cccc3ccccc23)o1. The quantitative estimate of drug-likeness (QED) is 0.520. The number of oxime groups is 1. The number of hydrogen-bond donors (Lipinski definition) is 0. The van der Waals surface area contributed by atoms with E-state index in [-0.39, 0.29) is 0 Å². The Hall–Kier alpha value is -3.14. The van der Waals surface area contributed by atoms with Crippen LogP contribution in [0.2, 0.25) is 0 Å². The minimum Gasteiger partial charge on any atom is -0.457 e. The third-order valence-corrected chi connectivity index (χ3v) is 3.84. The Labute approximate surface area is 132 Å². The molecule has 0 bridgehead atoms. The van der Waals surface area contributed by atoms with Gasteiger partial charge in [0.1, 0.15) is 11.5 Å². The van der Waals surface area contributed by atoms with E-state index in [1.165, 1.54) is 0 Å². The maximum atomic E-state index is 11.6. The molecule has 23 heavy (non-hydrogen) atoms. The van der Waals surface area contributed by atoms with Crippen molar-refractivity contribution >= 4 is 28.5 Å². The van der Waals surface area contributed by atoms with Crippen molar-refractivity contribution in [1.82, 2.24) is 0 Å². The van der Waals surface area contributed by atoms with Crippen LogP contribution in [0.5, 0.6) is 0 Å². The first-order valence-corrected chi connectivity index (χ1v) is 7.28. The van der Waals surface area contributed by atoms with Crippen molar-refractivity contribution in [3.05, 3.63) is 65.9 Å². The van der Waals surface area contributed by atoms with Gasteiger partial charge >= 0.3 is 5.97 Å². The molecule has 0 fully saturated rings. The van der Waals surface area contributed by atoms with Gasteiger partial charge in [0.25, 0.3) is 0 Å². The standard InChI is InChI=1S/C19H13NO3/c1-12-17(19(21)23-20-12)11-14-9-10-18(22-14)16-8-4-6-13-5-2-3-7-15(13)16/h2-11H,1H3/b17-11-. The number of carbonyl (C=O) groups excluding carboxylic acids is 1. The van der Waals surface area contributed by atoms with Crippen LogP contribution in [-0.2, 0) is 9.63 Å². The first kappa shape index (κ1) is 13.5. The van der Waals surface area contributed by atoms with E-state index >= 15 is 0 Å². The Bertz CT molecular complexity index is 974. The second-order valence-electron chi connectivity index (χ2n) is 5.34. The lowest BCUT2D eigenvalue weighted by Gasteiger charge is -2.03. The highest BCUT2D eigenvalue weighted by molar-refractivity contribution is 6.24. The molecule has 4 heteroatoms. The zero-order valence-electron chi connectivity index (χ0n) is 12.4. The summed E-state index contributed by atoms with van der Waals surface area (Å²) in [6, 6.07) is 18.0. The molecule has 0 aliphatic carbocycles. The van der Waals surface area contributed by atoms with Crippen molar-refractivity contribution in [3.63, 3.8) is 0 Å². The first-order valence-electron chi connectivity index (χ1n) is 7.28. The van der Waals surface area contributed by atoms with Crippen molar-refractivity contribution in [1.29, 1.82) is 0 Å². The van der Waals surface area contributed by atoms with Gasteiger partial charge in [-0.05, 0) is 35.9 Å². The average molecular weight is 303 g/mol. The highest BCUT2D eigenvalue weighted by Gasteiger charge is 2.22. The minimum absolute atomic E-state index is 0.420. The molecule has 0 amide bonds. The summed E-state index contributed by atoms with van der Waals surface area (Å²) >= 11 is 0. The zero-order valence-corrected chi connectivity index (χ0v) is 12.4. The third kappa shape index (κ3) is 2.34. The normalized spacial score (nSPS) is 16.0. The molecule has 0 atom stereocenters. The summed E-state index contributed by atoms with van der Waals surface area (Å²) in [6.07, 6.45) is 1.66. The summed E-state index contributed by atoms with van der Waals surface area (Å²) in [5.74, 6) is 0.900. The van der Waals surface area contributed by atoms with Gasteiger partial charge in [0.05, 0.1) is 11.3 Å². The van der Waals surface area contributed by atoms with Gasteiger partial charge in [0.15, 0.2) is 0 Å². The molecule has 4 nitrogen and oxygen atoms in total. The maximum Gasteiger partial charge on any atom is 0.367 e. The number of fused-ring (bicyclic) bond motifs is 1. The van der Waals surface area contributed by atoms with E-state index < -0.39 is 5.97 Å². The molecule has 2 aromatic carbocycles. The van der Waals surface area contributed by atoms with Crippen LogP contribution in [0.15, 0.2) is 69.7 Å². The molecule has 1 aliphatic heterocycles. The first-order chi connectivity index (χ1) is 11.2. The number of carbonyl (C=O) groups is 1. The Balaban J connectivity index is 1.77. The highest BCUT2D eigenvalue weighted by Crippen LogP contribution is 2.30. The van der Waals surface area contributed by atoms with Crippen LogP contribution >= 0.6 is 0 Å². The average Bonchev–Trinajstić information content (AvgIpc) is 3.16. The fourth-order valence-corrected chi connectivity index (χ4v) is 2.68. The van der Waals surface area contributed by atoms with E-state index in [1.54, 1.807) is 13.0 Å². The number of hydrogen-bond acceptors (Lipinski definition) is 4. The van der Waals surface area contributed by atoms with Crippen molar-refractivity contribution in [2.75, 3.05) is 0 Å². The number of rotatable bonds is 2. The van der Waals surface area contributed by atoms with Gasteiger partial charge in [-0.15, -0.1) is 0 Å². The zero-order chi connectivity index (χ0) is 15.8. The summed E-state index contributed by atoms with van der Waals surface area (Å²) in [5.41, 5.74) is 1.99. The number of nitrogens with zero attached hydrogens (tertiary/aromatic N) is 1. The van der Waals surface area contributed by atoms with Crippen LogP contribution < -0.4 is 0 Å². The third-order valence-electron chi connectivity index (χ3n) is 3.84. The molecule has 0 unspecified atom stereocenters. The molecule has 1 aromatic heterocycles. The summed E-state index contributed by atoms with van der Waals surface area (Å²) < 4.78 is 5.90. The predicted molar refractivity (Wildman–Crippen MR) is 88.8 cm³/mol. The van der Waals surface area contributed by atoms with Crippen molar-refractivity contribution in [2.24, 2.45) is 5.16 Å². The molecule has 3 aromatic rings. The van der Waals surface area contributed by atoms with E-state index in [2.05, 4.69) is 28.2 Å². The molecular weight excluding hydrogens is 290 g/mol. The number of furan rings is 1. The summed E-state index contributed by atoms with van der Waals surface area (Å²) in [7, 11) is 0. The molecule has 0 saturated heterocycles. The Kier molecular flexibility index (Phi) is 3.08. The molecular formula is C19H13NO3. The van der Waals surface area contributed by atoms with Gasteiger partial charge in [0, 0.05) is 5.56 Å². The van der Waals surface area contributed by atoms with Crippen LogP contribution in [0.4, 0.5) is 0 Å². The largest absolute Gasteiger partial charge is 0.457 e. The second-order valence-corrected chi connectivity index (χ2v) is 5.34. The van der Waals surface area contributed by atoms with Crippen molar-refractivity contribution in [2.45, 2.75) is 6.92 Å². The monoisotopic (exact) mass is 303 g/mol. The van der Waals surface area contributed by atoms with Gasteiger partial charge < -0.3 is 9.25 Å². The Morgan fingerprint density at radius 2 is 1.83 bits per heavy atom. The lowest BCUT2D eigenvalue weighted by atomic mass is 10.0. The Morgan fingerprint density at radius 1 is 1.00 bits per heavy atom. The molecule has 112 valence electrons. The molecule has 2 heterocycles. The lowest BCUT2D eigenvalue weighted by molar-refractivity contribution is -0.136. The second kappa shape index (κ2) is 5.25. The van der Waals surface area contributed by atoms with E-state index in [0.29, 0.717) is 17.0 Å². The van der Waals surface area contributed by atoms with E-state index in [9.17, 15) is 4.79 Å². The highest BCUT2D eigenvalue weighted by atomic mass is 16.7. The summed E-state index contributed by atoms with van der Waals surface area (Å²) in [5, 5.41) is 5.94. The molecule has 0 N–H and O–H groups in total. The molecule has 0 spiro atoms. The lowest BCUT2D eigenvalue weighted by Crippen LogP contribution is -2.01. The van der Waals surface area contributed by atoms with Gasteiger partial charge in [0.2, 0.25) is 0 Å². The van der Waals surface area contributed by atoms with Crippen molar-refractivity contribution < 1.29 is 14.0 Å². The number of benzene rings is 2. The Morgan fingerprint density at radius 3 is 2.65 bits per heavy atom. The van der Waals surface area contributed by atoms with Gasteiger partial charge in [-0.2, -0.15) is 0 Å². The van der Waals surface area contributed by atoms with Gasteiger partial charge in [-0.1, -0.05) is 47.6 Å². The summed E-state index contributed by atoms with van der Waals surface area (Å²) in [6.45, 7) is 1.73. The van der Waals surface area contributed by atoms with E-state index in [0.717, 1.165) is 22.1 Å². The van der Waals surface area contributed by atoms with Crippen LogP contribution in [0.25, 0.3) is 28.2 Å². The maximum absolute atomic E-state index is 11.6. The topological polar surface area (TPSA) is 51.8 Å². The summed E-state index contributed by atoms with van der Waals surface area (Å²) in [4.78, 5) is 16.2. The van der Waals surface area contributed by atoms with Crippen LogP contribution in [0.3, 0.4) is 0 Å². The fourth-order valence-electron chi connectivity index (χ4n) is 2.68. The van der Waals surface area contributed by atoms with Gasteiger partial charge in [-0.25, -0.2) is 4.79 Å². The van der Waals surface area contributed by atoms with Crippen molar-refractivity contribution in [3.8, 4) is 11.3 Å². The minimum atomic E-state index is -0.453. The molecule has 0 radical (unpaired) electrons. The van der Waals surface area contributed by atoms with Crippen LogP contribution in [-0.4, -0.2) is 11.7 Å². The van der Waals surface area contributed by atoms with Crippen LogP contribution in [0, 0.1) is 0 Å². The van der Waals surface area contributed by atoms with Crippen LogP contribution in [0.1, 0.15) is 12.7 Å². The van der Waals surface area contributed by atoms with E-state index in [4.69, 9.17) is 4.42 Å². The molecule has 0 saturated carbocycles. The predicted octanol–water partition coefficient (Wildman–Crippen LogP) is 4.42. The van der Waals surface area contributed by atoms with Gasteiger partial charge in [-0.3, -0.25) is 0 Å². The fraction of sp³-hybridized carbons (Fsp3) is 0.0526.